The van der Waals surface area contributed by atoms with Crippen LogP contribution < -0.4 is 4.90 Å². The molecule has 2 aromatic rings. The Bertz CT molecular complexity index is 739. The molecule has 2 aromatic heterocycles. The van der Waals surface area contributed by atoms with Gasteiger partial charge in [0.05, 0.1) is 6.61 Å². The van der Waals surface area contributed by atoms with Crippen LogP contribution in [-0.4, -0.2) is 38.7 Å². The van der Waals surface area contributed by atoms with E-state index in [9.17, 15) is 0 Å². The second kappa shape index (κ2) is 4.08. The summed E-state index contributed by atoms with van der Waals surface area (Å²) in [7, 11) is 0. The molecule has 1 atom stereocenters. The Morgan fingerprint density at radius 3 is 2.86 bits per heavy atom. The van der Waals surface area contributed by atoms with E-state index in [0.717, 1.165) is 41.8 Å². The number of hydrogen-bond acceptors (Lipinski definition) is 5. The van der Waals surface area contributed by atoms with Crippen molar-refractivity contribution < 1.29 is 4.74 Å². The maximum absolute atomic E-state index is 6.18. The summed E-state index contributed by atoms with van der Waals surface area (Å²) in [5.41, 5.74) is 1.72. The van der Waals surface area contributed by atoms with Gasteiger partial charge in [-0.15, -0.1) is 0 Å². The van der Waals surface area contributed by atoms with E-state index in [1.165, 1.54) is 12.8 Å². The Hall–Kier alpha value is -1.40. The van der Waals surface area contributed by atoms with E-state index >= 15 is 0 Å². The predicted molar refractivity (Wildman–Crippen MR) is 78.6 cm³/mol. The minimum absolute atomic E-state index is 0.00757. The minimum Gasteiger partial charge on any atom is -0.369 e. The molecular formula is C14H16ClN5O. The van der Waals surface area contributed by atoms with Gasteiger partial charge in [0.2, 0.25) is 5.28 Å². The van der Waals surface area contributed by atoms with Gasteiger partial charge >= 0.3 is 0 Å². The molecule has 110 valence electrons. The normalized spacial score (nSPS) is 30.6. The van der Waals surface area contributed by atoms with Gasteiger partial charge in [0.1, 0.15) is 11.9 Å². The highest BCUT2D eigenvalue weighted by Gasteiger charge is 2.44. The van der Waals surface area contributed by atoms with Crippen molar-refractivity contribution in [3.63, 3.8) is 0 Å². The molecule has 21 heavy (non-hydrogen) atoms. The molecule has 6 rings (SSSR count). The number of rotatable bonds is 1. The van der Waals surface area contributed by atoms with Crippen LogP contribution in [0.2, 0.25) is 5.28 Å². The Kier molecular flexibility index (Phi) is 2.36. The van der Waals surface area contributed by atoms with E-state index in [1.54, 1.807) is 0 Å². The predicted octanol–water partition coefficient (Wildman–Crippen LogP) is 2.17. The van der Waals surface area contributed by atoms with Crippen molar-refractivity contribution in [1.82, 2.24) is 19.5 Å². The van der Waals surface area contributed by atoms with Crippen LogP contribution in [0.5, 0.6) is 0 Å². The summed E-state index contributed by atoms with van der Waals surface area (Å²) in [5.74, 6) is 2.66. The summed E-state index contributed by atoms with van der Waals surface area (Å²) < 4.78 is 7.81. The first-order valence-corrected chi connectivity index (χ1v) is 7.90. The monoisotopic (exact) mass is 305 g/mol. The van der Waals surface area contributed by atoms with Crippen molar-refractivity contribution in [2.75, 3.05) is 18.1 Å². The van der Waals surface area contributed by atoms with Crippen molar-refractivity contribution in [2.45, 2.75) is 38.5 Å². The van der Waals surface area contributed by atoms with Crippen LogP contribution in [0.4, 0.5) is 5.82 Å². The molecule has 4 aliphatic rings. The van der Waals surface area contributed by atoms with Crippen molar-refractivity contribution in [2.24, 2.45) is 5.92 Å². The summed E-state index contributed by atoms with van der Waals surface area (Å²) in [5, 5.41) is 0.309. The van der Waals surface area contributed by atoms with E-state index in [0.29, 0.717) is 17.9 Å². The fraction of sp³-hybridized carbons (Fsp3) is 0.643. The third-order valence-corrected chi connectivity index (χ3v) is 5.17. The van der Waals surface area contributed by atoms with Crippen molar-refractivity contribution in [3.05, 3.63) is 11.1 Å². The number of hydrogen-bond donors (Lipinski definition) is 0. The number of aromatic nitrogens is 4. The molecule has 7 heteroatoms. The topological polar surface area (TPSA) is 56.1 Å². The average Bonchev–Trinajstić information content (AvgIpc) is 3.09. The van der Waals surface area contributed by atoms with Gasteiger partial charge < -0.3 is 14.2 Å². The Morgan fingerprint density at radius 1 is 1.24 bits per heavy atom. The fourth-order valence-electron chi connectivity index (χ4n) is 3.89. The van der Waals surface area contributed by atoms with Crippen LogP contribution in [0.3, 0.4) is 0 Å². The van der Waals surface area contributed by atoms with E-state index in [2.05, 4.69) is 19.4 Å². The molecule has 0 aromatic carbocycles. The Labute approximate surface area is 127 Å². The van der Waals surface area contributed by atoms with Crippen molar-refractivity contribution in [3.8, 4) is 0 Å². The summed E-state index contributed by atoms with van der Waals surface area (Å²) in [6.07, 6.45) is 2.54. The SMILES string of the molecule is C[C@H]1OCCn2c1nc1c(N3CC4CC3C4)nc(Cl)nc12. The first-order valence-electron chi connectivity index (χ1n) is 7.52. The molecule has 0 N–H and O–H groups in total. The highest BCUT2D eigenvalue weighted by atomic mass is 35.5. The number of fused-ring (bicyclic) bond motifs is 4. The lowest BCUT2D eigenvalue weighted by molar-refractivity contribution is 0.0304. The summed E-state index contributed by atoms with van der Waals surface area (Å²) in [4.78, 5) is 16.1. The molecule has 6 nitrogen and oxygen atoms in total. The lowest BCUT2D eigenvalue weighted by atomic mass is 9.86. The molecule has 2 bridgehead atoms. The first kappa shape index (κ1) is 12.2. The third-order valence-electron chi connectivity index (χ3n) is 5.00. The van der Waals surface area contributed by atoms with Gasteiger partial charge in [-0.3, -0.25) is 0 Å². The van der Waals surface area contributed by atoms with Crippen LogP contribution in [0.1, 0.15) is 31.7 Å². The van der Waals surface area contributed by atoms with Crippen molar-refractivity contribution in [1.29, 1.82) is 0 Å². The lowest BCUT2D eigenvalue weighted by Crippen LogP contribution is -2.29. The van der Waals surface area contributed by atoms with Crippen LogP contribution in [0, 0.1) is 5.92 Å². The molecule has 1 saturated carbocycles. The van der Waals surface area contributed by atoms with E-state index in [-0.39, 0.29) is 6.10 Å². The highest BCUT2D eigenvalue weighted by molar-refractivity contribution is 6.28. The first-order chi connectivity index (χ1) is 10.2. The molecule has 3 aliphatic heterocycles. The number of imidazole rings is 1. The number of nitrogens with zero attached hydrogens (tertiary/aromatic N) is 5. The summed E-state index contributed by atoms with van der Waals surface area (Å²) in [6, 6.07) is 0.608. The van der Waals surface area contributed by atoms with Gasteiger partial charge in [-0.2, -0.15) is 9.97 Å². The molecule has 3 fully saturated rings. The molecule has 0 radical (unpaired) electrons. The molecule has 0 amide bonds. The van der Waals surface area contributed by atoms with Crippen LogP contribution in [0.15, 0.2) is 0 Å². The number of halogens is 1. The van der Waals surface area contributed by atoms with Crippen molar-refractivity contribution >= 4 is 28.6 Å². The van der Waals surface area contributed by atoms with Gasteiger partial charge in [-0.1, -0.05) is 0 Å². The maximum atomic E-state index is 6.18. The van der Waals surface area contributed by atoms with Crippen LogP contribution >= 0.6 is 11.6 Å². The maximum Gasteiger partial charge on any atom is 0.226 e. The standard InChI is InChI=1S/C14H16ClN5O/c1-7-11-16-10-12(19(11)2-3-21-7)17-14(15)18-13(10)20-6-8-4-9(20)5-8/h7-9H,2-6H2,1H3/t7-,8?,9?/m1/s1. The van der Waals surface area contributed by atoms with Gasteiger partial charge in [0, 0.05) is 19.1 Å². The fourth-order valence-corrected chi connectivity index (χ4v) is 4.05. The quantitative estimate of drug-likeness (QED) is 0.756. The molecule has 1 aliphatic carbocycles. The smallest absolute Gasteiger partial charge is 0.226 e. The molecule has 2 saturated heterocycles. The van der Waals surface area contributed by atoms with Gasteiger partial charge in [0.15, 0.2) is 17.0 Å². The van der Waals surface area contributed by atoms with Crippen LogP contribution in [-0.2, 0) is 11.3 Å². The second-order valence-corrected chi connectivity index (χ2v) is 6.60. The highest BCUT2D eigenvalue weighted by Crippen LogP contribution is 2.44. The zero-order valence-corrected chi connectivity index (χ0v) is 12.5. The average molecular weight is 306 g/mol. The van der Waals surface area contributed by atoms with Gasteiger partial charge in [-0.05, 0) is 37.3 Å². The molecule has 0 spiro atoms. The zero-order chi connectivity index (χ0) is 14.1. The minimum atomic E-state index is -0.00757. The van der Waals surface area contributed by atoms with E-state index in [1.807, 2.05) is 6.92 Å². The third kappa shape index (κ3) is 1.60. The lowest BCUT2D eigenvalue weighted by Gasteiger charge is -2.26. The van der Waals surface area contributed by atoms with E-state index in [4.69, 9.17) is 21.3 Å². The Balaban J connectivity index is 1.74. The second-order valence-electron chi connectivity index (χ2n) is 6.27. The summed E-state index contributed by atoms with van der Waals surface area (Å²) >= 11 is 6.18. The van der Waals surface area contributed by atoms with Gasteiger partial charge in [-0.25, -0.2) is 4.98 Å². The molecule has 0 unspecified atom stereocenters. The van der Waals surface area contributed by atoms with E-state index < -0.39 is 0 Å². The zero-order valence-electron chi connectivity index (χ0n) is 11.8. The Morgan fingerprint density at radius 2 is 2.10 bits per heavy atom. The van der Waals surface area contributed by atoms with Gasteiger partial charge in [0.25, 0.3) is 0 Å². The largest absolute Gasteiger partial charge is 0.369 e. The number of ether oxygens (including phenoxy) is 1. The molecule has 5 heterocycles. The summed E-state index contributed by atoms with van der Waals surface area (Å²) in [6.45, 7) is 4.56. The number of anilines is 1. The van der Waals surface area contributed by atoms with Crippen LogP contribution in [0.25, 0.3) is 11.2 Å². The molecular weight excluding hydrogens is 290 g/mol.